The maximum absolute atomic E-state index is 5.08. The Bertz CT molecular complexity index is 927. The third-order valence-electron chi connectivity index (χ3n) is 5.35. The van der Waals surface area contributed by atoms with E-state index in [1.807, 2.05) is 0 Å². The molecule has 1 aliphatic carbocycles. The summed E-state index contributed by atoms with van der Waals surface area (Å²) in [4.78, 5) is 7.31. The highest BCUT2D eigenvalue weighted by Gasteiger charge is 2.22. The molecule has 3 aromatic rings. The molecule has 0 spiro atoms. The Balaban J connectivity index is 1.80. The number of fused-ring (bicyclic) bond motifs is 2. The minimum absolute atomic E-state index is 0.948. The van der Waals surface area contributed by atoms with Gasteiger partial charge in [0.25, 0.3) is 0 Å². The third kappa shape index (κ3) is 3.56. The number of nitrogens with one attached hydrogen (secondary N) is 1. The van der Waals surface area contributed by atoms with Gasteiger partial charge in [-0.15, -0.1) is 0 Å². The Labute approximate surface area is 161 Å². The molecule has 0 bridgehead atoms. The van der Waals surface area contributed by atoms with Gasteiger partial charge in [-0.3, -0.25) is 0 Å². The van der Waals surface area contributed by atoms with E-state index in [1.54, 1.807) is 0 Å². The van der Waals surface area contributed by atoms with Gasteiger partial charge in [0.05, 0.1) is 5.69 Å². The second-order valence-corrected chi connectivity index (χ2v) is 7.74. The van der Waals surface area contributed by atoms with Gasteiger partial charge < -0.3 is 10.2 Å². The van der Waals surface area contributed by atoms with Gasteiger partial charge in [0.15, 0.2) is 5.65 Å². The molecule has 0 aliphatic heterocycles. The van der Waals surface area contributed by atoms with Crippen molar-refractivity contribution in [3.8, 4) is 11.1 Å². The van der Waals surface area contributed by atoms with Crippen LogP contribution in [-0.4, -0.2) is 46.7 Å². The quantitative estimate of drug-likeness (QED) is 0.674. The number of hydrogen-bond donors (Lipinski definition) is 1. The van der Waals surface area contributed by atoms with Gasteiger partial charge in [0, 0.05) is 23.4 Å². The molecular weight excluding hydrogens is 334 g/mol. The molecule has 0 atom stereocenters. The van der Waals surface area contributed by atoms with Crippen LogP contribution in [0.3, 0.4) is 0 Å². The number of nitrogens with zero attached hydrogens (tertiary/aromatic N) is 4. The fraction of sp³-hybridized carbons (Fsp3) is 0.455. The molecule has 0 saturated heterocycles. The summed E-state index contributed by atoms with van der Waals surface area (Å²) in [5.41, 5.74) is 6.97. The standard InChI is InChI=1S/C22H29N5/c1-16-20(17-10-5-4-6-11-17)22-24-19-13-8-7-12-18(19)21(27(22)25-16)23-14-9-15-26(2)3/h4-6,10-11,23H,7-9,12-15H2,1-3H3. The predicted octanol–water partition coefficient (Wildman–Crippen LogP) is 3.95. The summed E-state index contributed by atoms with van der Waals surface area (Å²) in [6.45, 7) is 4.12. The van der Waals surface area contributed by atoms with Crippen LogP contribution in [0.2, 0.25) is 0 Å². The lowest BCUT2D eigenvalue weighted by atomic mass is 9.96. The van der Waals surface area contributed by atoms with Crippen molar-refractivity contribution < 1.29 is 0 Å². The van der Waals surface area contributed by atoms with E-state index in [0.29, 0.717) is 0 Å². The summed E-state index contributed by atoms with van der Waals surface area (Å²) in [5, 5.41) is 8.59. The lowest BCUT2D eigenvalue weighted by Gasteiger charge is -2.21. The van der Waals surface area contributed by atoms with Crippen molar-refractivity contribution in [2.24, 2.45) is 0 Å². The van der Waals surface area contributed by atoms with E-state index in [1.165, 1.54) is 29.7 Å². The first-order valence-corrected chi connectivity index (χ1v) is 10.0. The van der Waals surface area contributed by atoms with Crippen LogP contribution in [0.25, 0.3) is 16.8 Å². The molecule has 0 radical (unpaired) electrons. The highest BCUT2D eigenvalue weighted by Crippen LogP contribution is 2.33. The first-order chi connectivity index (χ1) is 13.1. The maximum atomic E-state index is 5.08. The summed E-state index contributed by atoms with van der Waals surface area (Å²) in [6.07, 6.45) is 5.73. The molecule has 27 heavy (non-hydrogen) atoms. The van der Waals surface area contributed by atoms with E-state index in [0.717, 1.165) is 55.1 Å². The predicted molar refractivity (Wildman–Crippen MR) is 111 cm³/mol. The summed E-state index contributed by atoms with van der Waals surface area (Å²) in [6, 6.07) is 10.5. The number of aromatic nitrogens is 3. The van der Waals surface area contributed by atoms with Crippen LogP contribution >= 0.6 is 0 Å². The average Bonchev–Trinajstić information content (AvgIpc) is 3.00. The molecule has 5 heteroatoms. The Kier molecular flexibility index (Phi) is 5.12. The topological polar surface area (TPSA) is 45.5 Å². The van der Waals surface area contributed by atoms with E-state index in [-0.39, 0.29) is 0 Å². The zero-order valence-corrected chi connectivity index (χ0v) is 16.6. The number of hydrogen-bond acceptors (Lipinski definition) is 4. The van der Waals surface area contributed by atoms with E-state index >= 15 is 0 Å². The Morgan fingerprint density at radius 3 is 2.67 bits per heavy atom. The highest BCUT2D eigenvalue weighted by molar-refractivity contribution is 5.81. The minimum atomic E-state index is 0.948. The van der Waals surface area contributed by atoms with Gasteiger partial charge in [-0.05, 0) is 65.2 Å². The molecule has 1 aliphatic rings. The molecule has 4 rings (SSSR count). The van der Waals surface area contributed by atoms with Crippen molar-refractivity contribution in [2.45, 2.75) is 39.0 Å². The van der Waals surface area contributed by atoms with Crippen LogP contribution in [0, 0.1) is 6.92 Å². The summed E-state index contributed by atoms with van der Waals surface area (Å²) in [7, 11) is 4.24. The van der Waals surface area contributed by atoms with Crippen molar-refractivity contribution in [3.63, 3.8) is 0 Å². The van der Waals surface area contributed by atoms with Crippen molar-refractivity contribution in [1.82, 2.24) is 19.5 Å². The summed E-state index contributed by atoms with van der Waals surface area (Å²) >= 11 is 0. The second kappa shape index (κ2) is 7.69. The molecule has 0 unspecified atom stereocenters. The van der Waals surface area contributed by atoms with Gasteiger partial charge in [-0.25, -0.2) is 4.98 Å². The van der Waals surface area contributed by atoms with Crippen LogP contribution in [-0.2, 0) is 12.8 Å². The molecule has 2 aromatic heterocycles. The molecule has 1 aromatic carbocycles. The van der Waals surface area contributed by atoms with Crippen molar-refractivity contribution in [3.05, 3.63) is 47.3 Å². The second-order valence-electron chi connectivity index (χ2n) is 7.74. The normalized spacial score (nSPS) is 13.9. The first-order valence-electron chi connectivity index (χ1n) is 10.0. The molecule has 142 valence electrons. The fourth-order valence-corrected chi connectivity index (χ4v) is 4.02. The molecule has 5 nitrogen and oxygen atoms in total. The number of anilines is 1. The third-order valence-corrected chi connectivity index (χ3v) is 5.35. The lowest BCUT2D eigenvalue weighted by molar-refractivity contribution is 0.405. The van der Waals surface area contributed by atoms with Gasteiger partial charge in [0.2, 0.25) is 0 Å². The highest BCUT2D eigenvalue weighted by atomic mass is 15.3. The van der Waals surface area contributed by atoms with Gasteiger partial charge in [-0.1, -0.05) is 30.3 Å². The first kappa shape index (κ1) is 18.0. The van der Waals surface area contributed by atoms with Crippen molar-refractivity contribution >= 4 is 11.5 Å². The van der Waals surface area contributed by atoms with Crippen molar-refractivity contribution in [1.29, 1.82) is 0 Å². The smallest absolute Gasteiger partial charge is 0.165 e. The molecular formula is C22H29N5. The van der Waals surface area contributed by atoms with Crippen molar-refractivity contribution in [2.75, 3.05) is 32.5 Å². The minimum Gasteiger partial charge on any atom is -0.370 e. The monoisotopic (exact) mass is 363 g/mol. The van der Waals surface area contributed by atoms with Crippen LogP contribution in [0.4, 0.5) is 5.82 Å². The maximum Gasteiger partial charge on any atom is 0.165 e. The molecule has 1 N–H and O–H groups in total. The molecule has 0 saturated carbocycles. The van der Waals surface area contributed by atoms with E-state index < -0.39 is 0 Å². The van der Waals surface area contributed by atoms with Crippen LogP contribution in [0.1, 0.15) is 36.2 Å². The van der Waals surface area contributed by atoms with Gasteiger partial charge >= 0.3 is 0 Å². The molecule has 0 fully saturated rings. The largest absolute Gasteiger partial charge is 0.370 e. The number of aryl methyl sites for hydroxylation is 2. The fourth-order valence-electron chi connectivity index (χ4n) is 4.02. The zero-order valence-electron chi connectivity index (χ0n) is 16.6. The van der Waals surface area contributed by atoms with Gasteiger partial charge in [-0.2, -0.15) is 9.61 Å². The van der Waals surface area contributed by atoms with Gasteiger partial charge in [0.1, 0.15) is 5.82 Å². The Morgan fingerprint density at radius 2 is 1.89 bits per heavy atom. The Hall–Kier alpha value is -2.40. The molecule has 0 amide bonds. The molecule has 2 heterocycles. The van der Waals surface area contributed by atoms with Crippen LogP contribution in [0.15, 0.2) is 30.3 Å². The Morgan fingerprint density at radius 1 is 1.11 bits per heavy atom. The number of rotatable bonds is 6. The number of benzene rings is 1. The average molecular weight is 364 g/mol. The zero-order chi connectivity index (χ0) is 18.8. The van der Waals surface area contributed by atoms with E-state index in [9.17, 15) is 0 Å². The lowest BCUT2D eigenvalue weighted by Crippen LogP contribution is -2.19. The summed E-state index contributed by atoms with van der Waals surface area (Å²) < 4.78 is 2.05. The van der Waals surface area contributed by atoms with E-state index in [4.69, 9.17) is 10.1 Å². The van der Waals surface area contributed by atoms with Crippen LogP contribution in [0.5, 0.6) is 0 Å². The summed E-state index contributed by atoms with van der Waals surface area (Å²) in [5.74, 6) is 1.15. The van der Waals surface area contributed by atoms with Crippen LogP contribution < -0.4 is 5.32 Å². The SMILES string of the molecule is Cc1nn2c(NCCCN(C)C)c3c(nc2c1-c1ccccc1)CCCC3. The van der Waals surface area contributed by atoms with E-state index in [2.05, 4.69) is 66.1 Å².